The number of rotatable bonds is 7. The zero-order chi connectivity index (χ0) is 20.8. The van der Waals surface area contributed by atoms with Gasteiger partial charge in [-0.05, 0) is 36.5 Å². The Hall–Kier alpha value is -2.67. The van der Waals surface area contributed by atoms with Crippen LogP contribution in [0.1, 0.15) is 38.2 Å². The highest BCUT2D eigenvalue weighted by atomic mass is 32.2. The van der Waals surface area contributed by atoms with Gasteiger partial charge in [-0.25, -0.2) is 0 Å². The first-order chi connectivity index (χ1) is 14.7. The molecule has 0 saturated heterocycles. The number of thioether (sulfide) groups is 1. The average molecular weight is 422 g/mol. The molecule has 0 aliphatic heterocycles. The molecule has 0 bridgehead atoms. The van der Waals surface area contributed by atoms with Gasteiger partial charge in [-0.1, -0.05) is 61.9 Å². The Kier molecular flexibility index (Phi) is 6.79. The van der Waals surface area contributed by atoms with Crippen LogP contribution in [-0.4, -0.2) is 37.5 Å². The number of carbonyl (C=O) groups excluding carboxylic acids is 1. The van der Waals surface area contributed by atoms with Crippen LogP contribution in [0.5, 0.6) is 0 Å². The van der Waals surface area contributed by atoms with Crippen molar-refractivity contribution in [2.75, 3.05) is 5.75 Å². The second kappa shape index (κ2) is 9.89. The van der Waals surface area contributed by atoms with Gasteiger partial charge in [-0.3, -0.25) is 14.3 Å². The Labute approximate surface area is 181 Å². The van der Waals surface area contributed by atoms with E-state index in [1.807, 2.05) is 30.3 Å². The molecule has 4 rings (SSSR count). The molecule has 3 aromatic rings. The summed E-state index contributed by atoms with van der Waals surface area (Å²) in [5.41, 5.74) is 2.07. The third-order valence-electron chi connectivity index (χ3n) is 5.61. The number of amides is 1. The molecule has 0 radical (unpaired) electrons. The lowest BCUT2D eigenvalue weighted by molar-refractivity contribution is -0.119. The van der Waals surface area contributed by atoms with E-state index >= 15 is 0 Å². The standard InChI is InChI=1S/C23H27N5OS/c1-17-8-5-6-12-20(17)25-21(29)16-30-23-27-26-22(19-11-7-13-24-14-19)28(23)15-18-9-3-2-4-10-18/h2-4,7,9-11,13-14,17,20H,5-6,8,12,15-16H2,1H3,(H,25,29)/t17-,20+/m1/s1. The summed E-state index contributed by atoms with van der Waals surface area (Å²) in [4.78, 5) is 16.8. The zero-order valence-corrected chi connectivity index (χ0v) is 18.0. The lowest BCUT2D eigenvalue weighted by atomic mass is 9.86. The summed E-state index contributed by atoms with van der Waals surface area (Å²) in [6.07, 6.45) is 8.26. The summed E-state index contributed by atoms with van der Waals surface area (Å²) in [6.45, 7) is 2.87. The molecule has 1 amide bonds. The number of pyridine rings is 1. The predicted molar refractivity (Wildman–Crippen MR) is 119 cm³/mol. The fourth-order valence-electron chi connectivity index (χ4n) is 3.92. The quantitative estimate of drug-likeness (QED) is 0.580. The van der Waals surface area contributed by atoms with Gasteiger partial charge in [0.2, 0.25) is 5.91 Å². The molecule has 2 aromatic heterocycles. The number of hydrogen-bond acceptors (Lipinski definition) is 5. The number of carbonyl (C=O) groups is 1. The van der Waals surface area contributed by atoms with Crippen LogP contribution in [0.3, 0.4) is 0 Å². The zero-order valence-electron chi connectivity index (χ0n) is 17.2. The Balaban J connectivity index is 1.49. The fourth-order valence-corrected chi connectivity index (χ4v) is 4.67. The predicted octanol–water partition coefficient (Wildman–Crippen LogP) is 4.18. The van der Waals surface area contributed by atoms with E-state index in [0.29, 0.717) is 24.3 Å². The van der Waals surface area contributed by atoms with Crippen LogP contribution in [-0.2, 0) is 11.3 Å². The van der Waals surface area contributed by atoms with E-state index < -0.39 is 0 Å². The summed E-state index contributed by atoms with van der Waals surface area (Å²) in [6, 6.07) is 14.4. The van der Waals surface area contributed by atoms with Crippen LogP contribution in [0.15, 0.2) is 60.0 Å². The van der Waals surface area contributed by atoms with Gasteiger partial charge in [0.15, 0.2) is 11.0 Å². The summed E-state index contributed by atoms with van der Waals surface area (Å²) in [5, 5.41) is 12.8. The average Bonchev–Trinajstić information content (AvgIpc) is 3.17. The highest BCUT2D eigenvalue weighted by molar-refractivity contribution is 7.99. The van der Waals surface area contributed by atoms with Gasteiger partial charge in [-0.15, -0.1) is 10.2 Å². The lowest BCUT2D eigenvalue weighted by Gasteiger charge is -2.29. The van der Waals surface area contributed by atoms with E-state index in [-0.39, 0.29) is 5.91 Å². The summed E-state index contributed by atoms with van der Waals surface area (Å²) >= 11 is 1.44. The van der Waals surface area contributed by atoms with E-state index in [0.717, 1.165) is 28.5 Å². The molecule has 30 heavy (non-hydrogen) atoms. The molecule has 2 atom stereocenters. The third-order valence-corrected chi connectivity index (χ3v) is 6.58. The lowest BCUT2D eigenvalue weighted by Crippen LogP contribution is -2.41. The van der Waals surface area contributed by atoms with Crippen LogP contribution in [0.25, 0.3) is 11.4 Å². The summed E-state index contributed by atoms with van der Waals surface area (Å²) in [5.74, 6) is 1.71. The van der Waals surface area contributed by atoms with Crippen LogP contribution in [0.4, 0.5) is 0 Å². The Bertz CT molecular complexity index is 960. The second-order valence-corrected chi connectivity index (χ2v) is 8.79. The maximum atomic E-state index is 12.6. The van der Waals surface area contributed by atoms with E-state index in [1.165, 1.54) is 31.0 Å². The van der Waals surface area contributed by atoms with Crippen molar-refractivity contribution in [1.29, 1.82) is 0 Å². The number of nitrogens with zero attached hydrogens (tertiary/aromatic N) is 4. The number of benzene rings is 1. The van der Waals surface area contributed by atoms with Gasteiger partial charge in [0, 0.05) is 24.0 Å². The van der Waals surface area contributed by atoms with Crippen LogP contribution < -0.4 is 5.32 Å². The van der Waals surface area contributed by atoms with E-state index in [1.54, 1.807) is 12.4 Å². The normalized spacial score (nSPS) is 18.8. The third kappa shape index (κ3) is 5.08. The maximum absolute atomic E-state index is 12.6. The monoisotopic (exact) mass is 421 g/mol. The Morgan fingerprint density at radius 1 is 1.13 bits per heavy atom. The first-order valence-electron chi connectivity index (χ1n) is 10.5. The molecule has 1 aliphatic carbocycles. The van der Waals surface area contributed by atoms with Crippen molar-refractivity contribution >= 4 is 17.7 Å². The highest BCUT2D eigenvalue weighted by Gasteiger charge is 2.23. The number of nitrogens with one attached hydrogen (secondary N) is 1. The van der Waals surface area contributed by atoms with Crippen LogP contribution in [0.2, 0.25) is 0 Å². The van der Waals surface area contributed by atoms with Gasteiger partial charge in [0.05, 0.1) is 12.3 Å². The molecule has 7 heteroatoms. The van der Waals surface area contributed by atoms with Crippen LogP contribution in [0, 0.1) is 5.92 Å². The summed E-state index contributed by atoms with van der Waals surface area (Å²) < 4.78 is 2.06. The topological polar surface area (TPSA) is 72.7 Å². The SMILES string of the molecule is C[C@@H]1CCCC[C@@H]1NC(=O)CSc1nnc(-c2cccnc2)n1Cc1ccccc1. The largest absolute Gasteiger partial charge is 0.352 e. The van der Waals surface area contributed by atoms with Gasteiger partial charge >= 0.3 is 0 Å². The van der Waals surface area contributed by atoms with Gasteiger partial charge in [0.1, 0.15) is 0 Å². The Morgan fingerprint density at radius 3 is 2.73 bits per heavy atom. The van der Waals surface area contributed by atoms with Crippen molar-refractivity contribution in [2.24, 2.45) is 5.92 Å². The van der Waals surface area contributed by atoms with Gasteiger partial charge in [0.25, 0.3) is 0 Å². The molecule has 2 heterocycles. The van der Waals surface area contributed by atoms with Crippen molar-refractivity contribution in [3.05, 3.63) is 60.4 Å². The molecule has 156 valence electrons. The molecule has 0 unspecified atom stereocenters. The Morgan fingerprint density at radius 2 is 1.97 bits per heavy atom. The van der Waals surface area contributed by atoms with Gasteiger partial charge < -0.3 is 5.32 Å². The molecule has 1 saturated carbocycles. The number of hydrogen-bond donors (Lipinski definition) is 1. The van der Waals surface area contributed by atoms with E-state index in [4.69, 9.17) is 0 Å². The van der Waals surface area contributed by atoms with Gasteiger partial charge in [-0.2, -0.15) is 0 Å². The molecule has 0 spiro atoms. The first kappa shape index (κ1) is 20.6. The second-order valence-electron chi connectivity index (χ2n) is 7.84. The molecule has 1 N–H and O–H groups in total. The summed E-state index contributed by atoms with van der Waals surface area (Å²) in [7, 11) is 0. The molecule has 1 fully saturated rings. The van der Waals surface area contributed by atoms with Crippen molar-refractivity contribution < 1.29 is 4.79 Å². The minimum absolute atomic E-state index is 0.0657. The maximum Gasteiger partial charge on any atom is 0.230 e. The molecular weight excluding hydrogens is 394 g/mol. The fraction of sp³-hybridized carbons (Fsp3) is 0.391. The minimum atomic E-state index is 0.0657. The molecule has 1 aromatic carbocycles. The van der Waals surface area contributed by atoms with Crippen LogP contribution >= 0.6 is 11.8 Å². The molecule has 1 aliphatic rings. The minimum Gasteiger partial charge on any atom is -0.352 e. The molecular formula is C23H27N5OS. The first-order valence-corrected chi connectivity index (χ1v) is 11.5. The smallest absolute Gasteiger partial charge is 0.230 e. The van der Waals surface area contributed by atoms with Crippen molar-refractivity contribution in [3.63, 3.8) is 0 Å². The molecule has 6 nitrogen and oxygen atoms in total. The van der Waals surface area contributed by atoms with Crippen molar-refractivity contribution in [1.82, 2.24) is 25.1 Å². The van der Waals surface area contributed by atoms with Crippen molar-refractivity contribution in [2.45, 2.75) is 50.4 Å². The van der Waals surface area contributed by atoms with E-state index in [9.17, 15) is 4.79 Å². The van der Waals surface area contributed by atoms with Crippen molar-refractivity contribution in [3.8, 4) is 11.4 Å². The number of aromatic nitrogens is 4. The highest BCUT2D eigenvalue weighted by Crippen LogP contribution is 2.26. The van der Waals surface area contributed by atoms with E-state index in [2.05, 4.69) is 44.1 Å².